The number of hydrogen-bond acceptors (Lipinski definition) is 3. The molecule has 0 unspecified atom stereocenters. The number of amides is 1. The third-order valence-corrected chi connectivity index (χ3v) is 6.73. The lowest BCUT2D eigenvalue weighted by Gasteiger charge is -2.28. The fourth-order valence-electron chi connectivity index (χ4n) is 3.39. The number of nitrogens with zero attached hydrogens (tertiary/aromatic N) is 2. The summed E-state index contributed by atoms with van der Waals surface area (Å²) in [4.78, 5) is 13.7. The van der Waals surface area contributed by atoms with Crippen LogP contribution in [-0.2, 0) is 27.8 Å². The summed E-state index contributed by atoms with van der Waals surface area (Å²) in [5.74, 6) is 0.0384. The van der Waals surface area contributed by atoms with Gasteiger partial charge in [-0.1, -0.05) is 18.9 Å². The highest BCUT2D eigenvalue weighted by Crippen LogP contribution is 2.26. The molecule has 0 radical (unpaired) electrons. The van der Waals surface area contributed by atoms with E-state index in [0.29, 0.717) is 31.1 Å². The zero-order chi connectivity index (χ0) is 16.4. The highest BCUT2D eigenvalue weighted by Gasteiger charge is 2.27. The first-order chi connectivity index (χ1) is 11.0. The standard InChI is InChI=1S/C17H24N2O3S/c1-14(20)18-11-8-15-6-7-17(12-16(15)13-18)23(21,22)19-9-4-2-3-5-10-19/h6-7,12H,2-5,8-11,13H2,1H3. The van der Waals surface area contributed by atoms with E-state index in [1.54, 1.807) is 28.3 Å². The summed E-state index contributed by atoms with van der Waals surface area (Å²) in [6.07, 6.45) is 4.86. The molecule has 0 saturated carbocycles. The smallest absolute Gasteiger partial charge is 0.243 e. The highest BCUT2D eigenvalue weighted by molar-refractivity contribution is 7.89. The van der Waals surface area contributed by atoms with Crippen molar-refractivity contribution in [1.29, 1.82) is 0 Å². The molecule has 0 N–H and O–H groups in total. The Kier molecular flexibility index (Phi) is 4.73. The van der Waals surface area contributed by atoms with Crippen molar-refractivity contribution in [2.24, 2.45) is 0 Å². The number of carbonyl (C=O) groups excluding carboxylic acids is 1. The minimum absolute atomic E-state index is 0.0384. The van der Waals surface area contributed by atoms with Crippen molar-refractivity contribution >= 4 is 15.9 Å². The molecule has 0 atom stereocenters. The van der Waals surface area contributed by atoms with Gasteiger partial charge in [-0.15, -0.1) is 0 Å². The number of benzene rings is 1. The van der Waals surface area contributed by atoms with Crippen molar-refractivity contribution in [3.63, 3.8) is 0 Å². The van der Waals surface area contributed by atoms with E-state index in [4.69, 9.17) is 0 Å². The molecule has 1 aromatic rings. The Balaban J connectivity index is 1.88. The Morgan fingerprint density at radius 3 is 2.35 bits per heavy atom. The summed E-state index contributed by atoms with van der Waals surface area (Å²) in [5, 5.41) is 0. The molecule has 0 spiro atoms. The van der Waals surface area contributed by atoms with Crippen LogP contribution in [0.25, 0.3) is 0 Å². The lowest BCUT2D eigenvalue weighted by Crippen LogP contribution is -2.35. The average molecular weight is 336 g/mol. The van der Waals surface area contributed by atoms with Gasteiger partial charge in [-0.05, 0) is 42.5 Å². The van der Waals surface area contributed by atoms with Crippen LogP contribution in [0.1, 0.15) is 43.7 Å². The Morgan fingerprint density at radius 2 is 1.70 bits per heavy atom. The maximum atomic E-state index is 12.9. The number of carbonyl (C=O) groups is 1. The Labute approximate surface area is 138 Å². The normalized spacial score (nSPS) is 20.0. The van der Waals surface area contributed by atoms with Gasteiger partial charge in [0.1, 0.15) is 0 Å². The first-order valence-corrected chi connectivity index (χ1v) is 9.80. The topological polar surface area (TPSA) is 57.7 Å². The summed E-state index contributed by atoms with van der Waals surface area (Å²) < 4.78 is 27.4. The maximum Gasteiger partial charge on any atom is 0.243 e. The minimum atomic E-state index is -3.43. The second-order valence-corrected chi connectivity index (χ2v) is 8.38. The molecule has 2 aliphatic heterocycles. The molecule has 2 heterocycles. The molecule has 0 bridgehead atoms. The van der Waals surface area contributed by atoms with Crippen LogP contribution in [0, 0.1) is 0 Å². The molecular weight excluding hydrogens is 312 g/mol. The molecule has 1 saturated heterocycles. The van der Waals surface area contributed by atoms with Gasteiger partial charge in [-0.2, -0.15) is 4.31 Å². The van der Waals surface area contributed by atoms with Gasteiger partial charge in [-0.25, -0.2) is 8.42 Å². The van der Waals surface area contributed by atoms with E-state index in [2.05, 4.69) is 0 Å². The quantitative estimate of drug-likeness (QED) is 0.831. The summed E-state index contributed by atoms with van der Waals surface area (Å²) in [6.45, 7) is 4.00. The van der Waals surface area contributed by atoms with E-state index in [1.165, 1.54) is 0 Å². The van der Waals surface area contributed by atoms with Gasteiger partial charge in [0.05, 0.1) is 4.90 Å². The van der Waals surface area contributed by atoms with Crippen LogP contribution < -0.4 is 0 Å². The van der Waals surface area contributed by atoms with Gasteiger partial charge in [0, 0.05) is 33.1 Å². The van der Waals surface area contributed by atoms with E-state index in [1.807, 2.05) is 6.07 Å². The van der Waals surface area contributed by atoms with Crippen LogP contribution in [0.5, 0.6) is 0 Å². The summed E-state index contributed by atoms with van der Waals surface area (Å²) in [7, 11) is -3.43. The minimum Gasteiger partial charge on any atom is -0.338 e. The number of fused-ring (bicyclic) bond motifs is 1. The summed E-state index contributed by atoms with van der Waals surface area (Å²) >= 11 is 0. The molecule has 1 fully saturated rings. The number of rotatable bonds is 2. The van der Waals surface area contributed by atoms with Gasteiger partial charge in [-0.3, -0.25) is 4.79 Å². The second kappa shape index (κ2) is 6.61. The Morgan fingerprint density at radius 1 is 1.00 bits per heavy atom. The third-order valence-electron chi connectivity index (χ3n) is 4.84. The lowest BCUT2D eigenvalue weighted by molar-refractivity contribution is -0.129. The van der Waals surface area contributed by atoms with Gasteiger partial charge in [0.15, 0.2) is 0 Å². The predicted molar refractivity (Wildman–Crippen MR) is 88.5 cm³/mol. The van der Waals surface area contributed by atoms with Crippen LogP contribution in [-0.4, -0.2) is 43.2 Å². The largest absolute Gasteiger partial charge is 0.338 e. The van der Waals surface area contributed by atoms with Crippen LogP contribution >= 0.6 is 0 Å². The second-order valence-electron chi connectivity index (χ2n) is 6.44. The number of sulfonamides is 1. The molecule has 5 nitrogen and oxygen atoms in total. The molecule has 3 rings (SSSR count). The molecule has 1 amide bonds. The lowest BCUT2D eigenvalue weighted by atomic mass is 10.00. The first kappa shape index (κ1) is 16.5. The zero-order valence-corrected chi connectivity index (χ0v) is 14.4. The van der Waals surface area contributed by atoms with Gasteiger partial charge in [0.2, 0.25) is 15.9 Å². The fourth-order valence-corrected chi connectivity index (χ4v) is 4.96. The van der Waals surface area contributed by atoms with Crippen molar-refractivity contribution in [3.05, 3.63) is 29.3 Å². The van der Waals surface area contributed by atoms with Crippen LogP contribution in [0.2, 0.25) is 0 Å². The third kappa shape index (κ3) is 3.43. The zero-order valence-electron chi connectivity index (χ0n) is 13.6. The molecule has 1 aromatic carbocycles. The predicted octanol–water partition coefficient (Wildman–Crippen LogP) is 2.16. The molecule has 23 heavy (non-hydrogen) atoms. The van der Waals surface area contributed by atoms with Crippen molar-refractivity contribution in [3.8, 4) is 0 Å². The van der Waals surface area contributed by atoms with E-state index in [9.17, 15) is 13.2 Å². The van der Waals surface area contributed by atoms with Gasteiger partial charge >= 0.3 is 0 Å². The molecular formula is C17H24N2O3S. The van der Waals surface area contributed by atoms with Gasteiger partial charge < -0.3 is 4.90 Å². The summed E-state index contributed by atoms with van der Waals surface area (Å²) in [5.41, 5.74) is 2.11. The number of hydrogen-bond donors (Lipinski definition) is 0. The average Bonchev–Trinajstić information content (AvgIpc) is 2.83. The first-order valence-electron chi connectivity index (χ1n) is 8.36. The molecule has 126 valence electrons. The van der Waals surface area contributed by atoms with Crippen molar-refractivity contribution in [1.82, 2.24) is 9.21 Å². The maximum absolute atomic E-state index is 12.9. The van der Waals surface area contributed by atoms with E-state index < -0.39 is 10.0 Å². The molecule has 2 aliphatic rings. The monoisotopic (exact) mass is 336 g/mol. The summed E-state index contributed by atoms with van der Waals surface area (Å²) in [6, 6.07) is 5.41. The van der Waals surface area contributed by atoms with Gasteiger partial charge in [0.25, 0.3) is 0 Å². The van der Waals surface area contributed by atoms with E-state index in [-0.39, 0.29) is 5.91 Å². The van der Waals surface area contributed by atoms with E-state index >= 15 is 0 Å². The highest BCUT2D eigenvalue weighted by atomic mass is 32.2. The fraction of sp³-hybridized carbons (Fsp3) is 0.588. The van der Waals surface area contributed by atoms with Crippen LogP contribution in [0.3, 0.4) is 0 Å². The van der Waals surface area contributed by atoms with Crippen molar-refractivity contribution < 1.29 is 13.2 Å². The molecule has 0 aromatic heterocycles. The SMILES string of the molecule is CC(=O)N1CCc2ccc(S(=O)(=O)N3CCCCCC3)cc2C1. The van der Waals surface area contributed by atoms with Crippen LogP contribution in [0.15, 0.2) is 23.1 Å². The van der Waals surface area contributed by atoms with Crippen molar-refractivity contribution in [2.45, 2.75) is 50.5 Å². The Bertz CT molecular complexity index is 692. The Hall–Kier alpha value is -1.40. The van der Waals surface area contributed by atoms with E-state index in [0.717, 1.165) is 43.2 Å². The van der Waals surface area contributed by atoms with Crippen molar-refractivity contribution in [2.75, 3.05) is 19.6 Å². The van der Waals surface area contributed by atoms with Crippen LogP contribution in [0.4, 0.5) is 0 Å². The molecule has 0 aliphatic carbocycles. The molecule has 6 heteroatoms.